The third kappa shape index (κ3) is 19.3. The van der Waals surface area contributed by atoms with Gasteiger partial charge in [0.1, 0.15) is 0 Å². The zero-order valence-corrected chi connectivity index (χ0v) is 19.2. The van der Waals surface area contributed by atoms with Crippen molar-refractivity contribution in [3.8, 4) is 0 Å². The third-order valence-electron chi connectivity index (χ3n) is 4.98. The van der Waals surface area contributed by atoms with Gasteiger partial charge in [0.15, 0.2) is 5.60 Å². The molecular weight excluding hydrogens is 340 g/mol. The van der Waals surface area contributed by atoms with Crippen molar-refractivity contribution in [1.29, 1.82) is 0 Å². The predicted molar refractivity (Wildman–Crippen MR) is 110 cm³/mol. The maximum atomic E-state index is 10.8. The molecule has 2 N–H and O–H groups in total. The van der Waals surface area contributed by atoms with Gasteiger partial charge in [-0.15, -0.1) is 0 Å². The maximum absolute atomic E-state index is 10.8. The molecule has 0 aromatic rings. The van der Waals surface area contributed by atoms with Crippen LogP contribution in [0.25, 0.3) is 0 Å². The Kier molecular flexibility index (Phi) is 21.7. The molecule has 0 aromatic heterocycles. The van der Waals surface area contributed by atoms with Crippen LogP contribution in [0, 0.1) is 0 Å². The van der Waals surface area contributed by atoms with Crippen LogP contribution in [-0.2, 0) is 4.79 Å². The molecule has 4 heteroatoms. The van der Waals surface area contributed by atoms with Crippen molar-refractivity contribution in [3.63, 3.8) is 0 Å². The smallest absolute Gasteiger partial charge is 1.00 e. The molecule has 0 aliphatic rings. The zero-order chi connectivity index (χ0) is 18.1. The molecule has 0 spiro atoms. The van der Waals surface area contributed by atoms with Crippen molar-refractivity contribution in [3.05, 3.63) is 0 Å². The summed E-state index contributed by atoms with van der Waals surface area (Å²) in [5, 5.41) is 18.4. The number of carboxylic acids is 1. The molecule has 0 aliphatic heterocycles. The van der Waals surface area contributed by atoms with Gasteiger partial charge >= 0.3 is 43.7 Å². The van der Waals surface area contributed by atoms with E-state index in [2.05, 4.69) is 6.92 Å². The van der Waals surface area contributed by atoms with Crippen LogP contribution in [-0.4, -0.2) is 59.5 Å². The summed E-state index contributed by atoms with van der Waals surface area (Å²) in [5.41, 5.74) is -1.55. The summed E-state index contributed by atoms with van der Waals surface area (Å²) < 4.78 is 0. The normalized spacial score (nSPS) is 13.2. The van der Waals surface area contributed by atoms with E-state index < -0.39 is 11.6 Å². The maximum Gasteiger partial charge on any atom is 2.00 e. The summed E-state index contributed by atoms with van der Waals surface area (Å²) in [4.78, 5) is 10.8. The standard InChI is InChI=1S/C21H42O3.Ca.2H/c1-3-4-5-6-7-8-9-10-11-12-13-14-15-16-17-18-19-21(2,24)20(22)23;;;/h24H,3-19H2,1-2H3,(H,22,23);;;/q;+2;2*-1. The van der Waals surface area contributed by atoms with Crippen molar-refractivity contribution in [2.24, 2.45) is 0 Å². The Bertz CT molecular complexity index is 303. The van der Waals surface area contributed by atoms with Crippen LogP contribution >= 0.6 is 0 Å². The van der Waals surface area contributed by atoms with Gasteiger partial charge in [0.05, 0.1) is 0 Å². The minimum atomic E-state index is -1.55. The first-order valence-corrected chi connectivity index (χ1v) is 10.5. The quantitative estimate of drug-likeness (QED) is 0.215. The van der Waals surface area contributed by atoms with E-state index in [-0.39, 0.29) is 40.6 Å². The van der Waals surface area contributed by atoms with Crippen LogP contribution in [0.5, 0.6) is 0 Å². The molecule has 25 heavy (non-hydrogen) atoms. The van der Waals surface area contributed by atoms with Crippen LogP contribution < -0.4 is 0 Å². The largest absolute Gasteiger partial charge is 2.00 e. The molecule has 0 fully saturated rings. The number of rotatable bonds is 18. The van der Waals surface area contributed by atoms with E-state index in [0.29, 0.717) is 6.42 Å². The van der Waals surface area contributed by atoms with E-state index in [4.69, 9.17) is 5.11 Å². The van der Waals surface area contributed by atoms with Crippen molar-refractivity contribution in [2.75, 3.05) is 0 Å². The fourth-order valence-corrected chi connectivity index (χ4v) is 3.12. The Morgan fingerprint density at radius 1 is 0.720 bits per heavy atom. The first-order valence-electron chi connectivity index (χ1n) is 10.5. The molecule has 0 rings (SSSR count). The Balaban J connectivity index is -0.000000882. The molecule has 0 saturated carbocycles. The Labute approximate surface area is 189 Å². The molecule has 0 aliphatic carbocycles. The van der Waals surface area contributed by atoms with E-state index in [0.717, 1.165) is 19.3 Å². The number of hydrogen-bond acceptors (Lipinski definition) is 2. The first-order chi connectivity index (χ1) is 11.5. The second-order valence-electron chi connectivity index (χ2n) is 7.63. The average molecular weight is 385 g/mol. The van der Waals surface area contributed by atoms with Gasteiger partial charge in [0.25, 0.3) is 0 Å². The van der Waals surface area contributed by atoms with Crippen LogP contribution in [0.1, 0.15) is 126 Å². The molecule has 0 amide bonds. The second-order valence-corrected chi connectivity index (χ2v) is 7.63. The Hall–Kier alpha value is 0.690. The van der Waals surface area contributed by atoms with Gasteiger partial charge in [-0.25, -0.2) is 4.79 Å². The minimum absolute atomic E-state index is 0. The summed E-state index contributed by atoms with van der Waals surface area (Å²) in [6, 6.07) is 0. The molecule has 0 saturated heterocycles. The summed E-state index contributed by atoms with van der Waals surface area (Å²) in [6.07, 6.45) is 21.2. The molecule has 0 heterocycles. The summed E-state index contributed by atoms with van der Waals surface area (Å²) in [6.45, 7) is 3.66. The molecule has 0 aromatic carbocycles. The monoisotopic (exact) mass is 384 g/mol. The van der Waals surface area contributed by atoms with Gasteiger partial charge in [0, 0.05) is 0 Å². The number of aliphatic carboxylic acids is 1. The van der Waals surface area contributed by atoms with Crippen LogP contribution in [0.2, 0.25) is 0 Å². The van der Waals surface area contributed by atoms with Gasteiger partial charge in [-0.2, -0.15) is 0 Å². The van der Waals surface area contributed by atoms with E-state index in [1.807, 2.05) is 0 Å². The SMILES string of the molecule is CCCCCCCCCCCCCCCCCCC(C)(O)C(=O)O.[Ca+2].[H-].[H-]. The van der Waals surface area contributed by atoms with Crippen molar-refractivity contribution in [2.45, 2.75) is 129 Å². The number of unbranched alkanes of at least 4 members (excludes halogenated alkanes) is 15. The number of aliphatic hydroxyl groups is 1. The molecule has 0 radical (unpaired) electrons. The first kappa shape index (κ1) is 27.9. The van der Waals surface area contributed by atoms with E-state index in [1.54, 1.807) is 0 Å². The molecule has 0 bridgehead atoms. The average Bonchev–Trinajstić information content (AvgIpc) is 2.54. The Morgan fingerprint density at radius 2 is 1.00 bits per heavy atom. The van der Waals surface area contributed by atoms with Gasteiger partial charge in [-0.1, -0.05) is 103 Å². The van der Waals surface area contributed by atoms with Crippen molar-refractivity contribution in [1.82, 2.24) is 0 Å². The second kappa shape index (κ2) is 19.5. The molecular formula is C21H44CaO3. The Morgan fingerprint density at radius 3 is 1.28 bits per heavy atom. The van der Waals surface area contributed by atoms with Gasteiger partial charge in [0.2, 0.25) is 0 Å². The van der Waals surface area contributed by atoms with Gasteiger partial charge in [-0.3, -0.25) is 0 Å². The number of hydrogen-bond donors (Lipinski definition) is 2. The van der Waals surface area contributed by atoms with Crippen molar-refractivity contribution < 1.29 is 17.9 Å². The number of carbonyl (C=O) groups is 1. The van der Waals surface area contributed by atoms with Crippen LogP contribution in [0.3, 0.4) is 0 Å². The fraction of sp³-hybridized carbons (Fsp3) is 0.952. The molecule has 3 nitrogen and oxygen atoms in total. The molecule has 1 unspecified atom stereocenters. The molecule has 148 valence electrons. The number of carboxylic acid groups (broad SMARTS) is 1. The fourth-order valence-electron chi connectivity index (χ4n) is 3.12. The van der Waals surface area contributed by atoms with E-state index in [1.165, 1.54) is 90.4 Å². The van der Waals surface area contributed by atoms with Crippen LogP contribution in [0.4, 0.5) is 0 Å². The summed E-state index contributed by atoms with van der Waals surface area (Å²) in [5.74, 6) is -1.11. The zero-order valence-electron chi connectivity index (χ0n) is 19.0. The van der Waals surface area contributed by atoms with E-state index in [9.17, 15) is 9.90 Å². The van der Waals surface area contributed by atoms with Gasteiger partial charge in [-0.05, 0) is 19.8 Å². The third-order valence-corrected chi connectivity index (χ3v) is 4.98. The van der Waals surface area contributed by atoms with Crippen molar-refractivity contribution >= 4 is 43.7 Å². The predicted octanol–water partition coefficient (Wildman–Crippen LogP) is 6.32. The topological polar surface area (TPSA) is 57.5 Å². The summed E-state index contributed by atoms with van der Waals surface area (Å²) >= 11 is 0. The van der Waals surface area contributed by atoms with Crippen LogP contribution in [0.15, 0.2) is 0 Å². The summed E-state index contributed by atoms with van der Waals surface area (Å²) in [7, 11) is 0. The minimum Gasteiger partial charge on any atom is -1.00 e. The van der Waals surface area contributed by atoms with Gasteiger partial charge < -0.3 is 13.1 Å². The van der Waals surface area contributed by atoms with E-state index >= 15 is 0 Å². The molecule has 1 atom stereocenters.